The molecule has 1 saturated heterocycles. The second-order valence-electron chi connectivity index (χ2n) is 6.86. The van der Waals surface area contributed by atoms with Crippen molar-refractivity contribution in [1.29, 1.82) is 0 Å². The Morgan fingerprint density at radius 1 is 1.11 bits per heavy atom. The predicted octanol–water partition coefficient (Wildman–Crippen LogP) is 4.09. The average Bonchev–Trinajstić information content (AvgIpc) is 2.72. The van der Waals surface area contributed by atoms with Crippen LogP contribution < -0.4 is 4.90 Å². The van der Waals surface area contributed by atoms with Gasteiger partial charge in [-0.1, -0.05) is 29.8 Å². The maximum Gasteiger partial charge on any atom is 0.255 e. The molecule has 2 aromatic rings. The van der Waals surface area contributed by atoms with Crippen LogP contribution in [0.3, 0.4) is 0 Å². The highest BCUT2D eigenvalue weighted by Crippen LogP contribution is 2.23. The molecule has 1 aliphatic rings. The van der Waals surface area contributed by atoms with Gasteiger partial charge < -0.3 is 14.5 Å². The van der Waals surface area contributed by atoms with E-state index in [0.717, 1.165) is 43.1 Å². The van der Waals surface area contributed by atoms with Gasteiger partial charge in [0.15, 0.2) is 0 Å². The molecule has 0 aromatic heterocycles. The number of ether oxygens (including phenoxy) is 1. The second-order valence-corrected chi connectivity index (χ2v) is 8.03. The minimum atomic E-state index is 0.0948. The molecular weight excluding hydrogens is 356 g/mol. The largest absolute Gasteiger partial charge is 0.378 e. The molecule has 1 amide bonds. The van der Waals surface area contributed by atoms with E-state index in [0.29, 0.717) is 13.2 Å². The van der Waals surface area contributed by atoms with Crippen molar-refractivity contribution >= 4 is 23.4 Å². The van der Waals surface area contributed by atoms with Crippen LogP contribution in [-0.2, 0) is 4.74 Å². The maximum atomic E-state index is 13.0. The van der Waals surface area contributed by atoms with Gasteiger partial charge >= 0.3 is 0 Å². The third-order valence-corrected chi connectivity index (χ3v) is 5.86. The third kappa shape index (κ3) is 5.50. The molecule has 0 atom stereocenters. The van der Waals surface area contributed by atoms with E-state index in [1.54, 1.807) is 0 Å². The van der Waals surface area contributed by atoms with Gasteiger partial charge in [0, 0.05) is 37.3 Å². The number of nitrogens with zero attached hydrogens (tertiary/aromatic N) is 2. The first kappa shape index (κ1) is 19.8. The Hall–Kier alpha value is -1.98. The van der Waals surface area contributed by atoms with Gasteiger partial charge in [-0.3, -0.25) is 4.79 Å². The van der Waals surface area contributed by atoms with E-state index in [1.807, 2.05) is 48.0 Å². The molecule has 144 valence electrons. The van der Waals surface area contributed by atoms with Gasteiger partial charge in [-0.15, -0.1) is 11.8 Å². The maximum absolute atomic E-state index is 13.0. The number of thioether (sulfide) groups is 1. The van der Waals surface area contributed by atoms with Crippen LogP contribution in [0.15, 0.2) is 53.4 Å². The van der Waals surface area contributed by atoms with Crippen LogP contribution in [0.1, 0.15) is 22.3 Å². The van der Waals surface area contributed by atoms with Crippen molar-refractivity contribution in [2.45, 2.75) is 18.2 Å². The molecule has 0 aliphatic carbocycles. The van der Waals surface area contributed by atoms with E-state index in [9.17, 15) is 4.79 Å². The highest BCUT2D eigenvalue weighted by atomic mass is 32.2. The fourth-order valence-electron chi connectivity index (χ4n) is 3.17. The topological polar surface area (TPSA) is 32.8 Å². The normalized spacial score (nSPS) is 14.2. The Bertz CT molecular complexity index is 742. The van der Waals surface area contributed by atoms with Crippen molar-refractivity contribution in [3.8, 4) is 0 Å². The van der Waals surface area contributed by atoms with Crippen LogP contribution in [-0.4, -0.2) is 56.5 Å². The van der Waals surface area contributed by atoms with E-state index in [1.165, 1.54) is 10.5 Å². The molecule has 3 rings (SSSR count). The monoisotopic (exact) mass is 384 g/mol. The first-order valence-electron chi connectivity index (χ1n) is 9.52. The fourth-order valence-corrected chi connectivity index (χ4v) is 4.01. The molecule has 0 saturated carbocycles. The molecule has 2 aromatic carbocycles. The summed E-state index contributed by atoms with van der Waals surface area (Å²) < 4.78 is 5.44. The van der Waals surface area contributed by atoms with Crippen molar-refractivity contribution in [3.05, 3.63) is 59.7 Å². The molecule has 0 spiro atoms. The van der Waals surface area contributed by atoms with Gasteiger partial charge in [0.25, 0.3) is 5.91 Å². The highest BCUT2D eigenvalue weighted by molar-refractivity contribution is 7.99. The highest BCUT2D eigenvalue weighted by Gasteiger charge is 2.20. The molecule has 1 aliphatic heterocycles. The predicted molar refractivity (Wildman–Crippen MR) is 113 cm³/mol. The summed E-state index contributed by atoms with van der Waals surface area (Å²) in [6.45, 7) is 5.96. The lowest BCUT2D eigenvalue weighted by Crippen LogP contribution is -2.38. The zero-order valence-electron chi connectivity index (χ0n) is 16.2. The number of rotatable bonds is 7. The lowest BCUT2D eigenvalue weighted by molar-refractivity contribution is 0.0795. The summed E-state index contributed by atoms with van der Waals surface area (Å²) in [5.74, 6) is 1.10. The van der Waals surface area contributed by atoms with Crippen LogP contribution in [0.4, 0.5) is 5.69 Å². The second kappa shape index (κ2) is 9.81. The summed E-state index contributed by atoms with van der Waals surface area (Å²) in [7, 11) is 1.90. The fraction of sp³-hybridized carbons (Fsp3) is 0.409. The first-order chi connectivity index (χ1) is 13.1. The summed E-state index contributed by atoms with van der Waals surface area (Å²) >= 11 is 1.84. The third-order valence-electron chi connectivity index (χ3n) is 4.76. The van der Waals surface area contributed by atoms with Crippen molar-refractivity contribution in [3.63, 3.8) is 0 Å². The molecular formula is C22H28N2O2S. The molecule has 1 fully saturated rings. The number of hydrogen-bond donors (Lipinski definition) is 0. The number of aryl methyl sites for hydroxylation is 1. The minimum absolute atomic E-state index is 0.0948. The van der Waals surface area contributed by atoms with Crippen LogP contribution in [0.2, 0.25) is 0 Å². The quantitative estimate of drug-likeness (QED) is 0.532. The average molecular weight is 385 g/mol. The Labute approximate surface area is 166 Å². The van der Waals surface area contributed by atoms with Gasteiger partial charge in [-0.25, -0.2) is 0 Å². The van der Waals surface area contributed by atoms with E-state index in [-0.39, 0.29) is 5.91 Å². The minimum Gasteiger partial charge on any atom is -0.378 e. The van der Waals surface area contributed by atoms with Crippen LogP contribution in [0.5, 0.6) is 0 Å². The lowest BCUT2D eigenvalue weighted by atomic mass is 10.1. The van der Waals surface area contributed by atoms with E-state index >= 15 is 0 Å². The van der Waals surface area contributed by atoms with E-state index in [2.05, 4.69) is 36.1 Å². The van der Waals surface area contributed by atoms with Crippen molar-refractivity contribution in [1.82, 2.24) is 4.90 Å². The first-order valence-corrected chi connectivity index (χ1v) is 10.5. The Kier molecular flexibility index (Phi) is 7.18. The molecule has 0 N–H and O–H groups in total. The van der Waals surface area contributed by atoms with Crippen LogP contribution in [0, 0.1) is 6.92 Å². The standard InChI is InChI=1S/C22H28N2O2S/c1-18-8-10-19(11-9-18)27-17-5-12-23(2)22(25)20-6-3-4-7-21(20)24-13-15-26-16-14-24/h3-4,6-11H,5,12-17H2,1-2H3. The Morgan fingerprint density at radius 2 is 1.81 bits per heavy atom. The smallest absolute Gasteiger partial charge is 0.255 e. The summed E-state index contributed by atoms with van der Waals surface area (Å²) in [5, 5.41) is 0. The zero-order valence-corrected chi connectivity index (χ0v) is 17.0. The number of carbonyl (C=O) groups excluding carboxylic acids is 1. The molecule has 27 heavy (non-hydrogen) atoms. The molecule has 0 radical (unpaired) electrons. The van der Waals surface area contributed by atoms with Gasteiger partial charge in [-0.05, 0) is 43.4 Å². The van der Waals surface area contributed by atoms with Gasteiger partial charge in [-0.2, -0.15) is 0 Å². The molecule has 0 bridgehead atoms. The molecule has 4 nitrogen and oxygen atoms in total. The molecule has 1 heterocycles. The van der Waals surface area contributed by atoms with Gasteiger partial charge in [0.05, 0.1) is 18.8 Å². The Morgan fingerprint density at radius 3 is 2.56 bits per heavy atom. The van der Waals surface area contributed by atoms with Crippen molar-refractivity contribution in [2.75, 3.05) is 50.5 Å². The summed E-state index contributed by atoms with van der Waals surface area (Å²) in [4.78, 5) is 18.3. The summed E-state index contributed by atoms with van der Waals surface area (Å²) in [5.41, 5.74) is 3.09. The Balaban J connectivity index is 1.53. The summed E-state index contributed by atoms with van der Waals surface area (Å²) in [6, 6.07) is 16.5. The van der Waals surface area contributed by atoms with Crippen molar-refractivity contribution in [2.24, 2.45) is 0 Å². The number of carbonyl (C=O) groups is 1. The SMILES string of the molecule is Cc1ccc(SCCCN(C)C(=O)c2ccccc2N2CCOCC2)cc1. The number of benzene rings is 2. The number of para-hydroxylation sites is 1. The lowest BCUT2D eigenvalue weighted by Gasteiger charge is -2.31. The number of anilines is 1. The van der Waals surface area contributed by atoms with Crippen molar-refractivity contribution < 1.29 is 9.53 Å². The van der Waals surface area contributed by atoms with Crippen LogP contribution in [0.25, 0.3) is 0 Å². The number of hydrogen-bond acceptors (Lipinski definition) is 4. The molecule has 5 heteroatoms. The molecule has 0 unspecified atom stereocenters. The van der Waals surface area contributed by atoms with Gasteiger partial charge in [0.2, 0.25) is 0 Å². The summed E-state index contributed by atoms with van der Waals surface area (Å²) in [6.07, 6.45) is 0.973. The number of morpholine rings is 1. The van der Waals surface area contributed by atoms with E-state index in [4.69, 9.17) is 4.74 Å². The number of amides is 1. The van der Waals surface area contributed by atoms with Gasteiger partial charge in [0.1, 0.15) is 0 Å². The zero-order chi connectivity index (χ0) is 19.1. The van der Waals surface area contributed by atoms with E-state index < -0.39 is 0 Å². The van der Waals surface area contributed by atoms with Crippen LogP contribution >= 0.6 is 11.8 Å².